The molecule has 0 aliphatic carbocycles. The van der Waals surface area contributed by atoms with Gasteiger partial charge in [0.25, 0.3) is 0 Å². The lowest BCUT2D eigenvalue weighted by Gasteiger charge is -2.07. The van der Waals surface area contributed by atoms with Crippen molar-refractivity contribution in [1.29, 1.82) is 0 Å². The molecular formula is C7H11ClN4O2. The number of nitrogens with one attached hydrogen (secondary N) is 1. The van der Waals surface area contributed by atoms with Gasteiger partial charge in [0.15, 0.2) is 0 Å². The van der Waals surface area contributed by atoms with Gasteiger partial charge in [0.05, 0.1) is 13.2 Å². The molecule has 0 spiro atoms. The molecule has 1 heterocycles. The van der Waals surface area contributed by atoms with Gasteiger partial charge < -0.3 is 15.2 Å². The SMILES string of the molecule is COc1nc(Cl)nc(NCC(C)O)n1. The Hall–Kier alpha value is -1.14. The first kappa shape index (κ1) is 10.9. The number of halogens is 1. The number of hydrogen-bond donors (Lipinski definition) is 2. The van der Waals surface area contributed by atoms with E-state index in [1.807, 2.05) is 0 Å². The van der Waals surface area contributed by atoms with E-state index >= 15 is 0 Å². The van der Waals surface area contributed by atoms with Crippen molar-refractivity contribution in [3.05, 3.63) is 5.28 Å². The molecule has 0 aromatic carbocycles. The Kier molecular flexibility index (Phi) is 3.84. The predicted molar refractivity (Wildman–Crippen MR) is 51.6 cm³/mol. The molecule has 0 saturated carbocycles. The van der Waals surface area contributed by atoms with E-state index in [9.17, 15) is 0 Å². The zero-order chi connectivity index (χ0) is 10.6. The molecule has 0 aliphatic heterocycles. The number of methoxy groups -OCH3 is 1. The zero-order valence-corrected chi connectivity index (χ0v) is 8.62. The fourth-order valence-corrected chi connectivity index (χ4v) is 0.894. The molecule has 1 aromatic heterocycles. The Balaban J connectivity index is 2.71. The predicted octanol–water partition coefficient (Wildman–Crippen LogP) is 0.326. The van der Waals surface area contributed by atoms with E-state index in [4.69, 9.17) is 21.4 Å². The van der Waals surface area contributed by atoms with Gasteiger partial charge in [-0.05, 0) is 18.5 Å². The average Bonchev–Trinajstić information content (AvgIpc) is 2.14. The van der Waals surface area contributed by atoms with Crippen LogP contribution in [0.4, 0.5) is 5.95 Å². The quantitative estimate of drug-likeness (QED) is 0.758. The highest BCUT2D eigenvalue weighted by molar-refractivity contribution is 6.28. The normalized spacial score (nSPS) is 12.3. The molecule has 0 saturated heterocycles. The standard InChI is InChI=1S/C7H11ClN4O2/c1-4(13)3-9-6-10-5(8)11-7(12-6)14-2/h4,13H,3H2,1-2H3,(H,9,10,11,12). The molecule has 78 valence electrons. The number of aromatic nitrogens is 3. The lowest BCUT2D eigenvalue weighted by Crippen LogP contribution is -2.17. The minimum Gasteiger partial charge on any atom is -0.467 e. The second-order valence-electron chi connectivity index (χ2n) is 2.64. The first-order valence-corrected chi connectivity index (χ1v) is 4.37. The Morgan fingerprint density at radius 3 is 2.79 bits per heavy atom. The van der Waals surface area contributed by atoms with Crippen LogP contribution in [0.25, 0.3) is 0 Å². The third kappa shape index (κ3) is 3.31. The summed E-state index contributed by atoms with van der Waals surface area (Å²) in [5, 5.41) is 11.8. The molecule has 0 bridgehead atoms. The molecule has 14 heavy (non-hydrogen) atoms. The number of aliphatic hydroxyl groups excluding tert-OH is 1. The first-order valence-electron chi connectivity index (χ1n) is 3.99. The smallest absolute Gasteiger partial charge is 0.322 e. The van der Waals surface area contributed by atoms with Gasteiger partial charge in [-0.3, -0.25) is 0 Å². The van der Waals surface area contributed by atoms with Crippen LogP contribution in [0.5, 0.6) is 6.01 Å². The maximum atomic E-state index is 9.01. The van der Waals surface area contributed by atoms with Gasteiger partial charge in [-0.2, -0.15) is 15.0 Å². The van der Waals surface area contributed by atoms with Crippen LogP contribution >= 0.6 is 11.6 Å². The van der Waals surface area contributed by atoms with Crippen molar-refractivity contribution >= 4 is 17.5 Å². The Labute approximate surface area is 86.3 Å². The fraction of sp³-hybridized carbons (Fsp3) is 0.571. The van der Waals surface area contributed by atoms with Gasteiger partial charge in [-0.1, -0.05) is 0 Å². The maximum Gasteiger partial charge on any atom is 0.322 e. The van der Waals surface area contributed by atoms with Gasteiger partial charge in [-0.15, -0.1) is 0 Å². The van der Waals surface area contributed by atoms with Crippen LogP contribution in [0, 0.1) is 0 Å². The van der Waals surface area contributed by atoms with E-state index in [-0.39, 0.29) is 17.2 Å². The van der Waals surface area contributed by atoms with Crippen LogP contribution in [0.1, 0.15) is 6.92 Å². The lowest BCUT2D eigenvalue weighted by molar-refractivity contribution is 0.208. The van der Waals surface area contributed by atoms with Crippen LogP contribution in [-0.4, -0.2) is 39.8 Å². The van der Waals surface area contributed by atoms with Gasteiger partial charge in [0.2, 0.25) is 11.2 Å². The fourth-order valence-electron chi connectivity index (χ4n) is 0.741. The maximum absolute atomic E-state index is 9.01. The van der Waals surface area contributed by atoms with Crippen molar-refractivity contribution in [3.8, 4) is 6.01 Å². The Morgan fingerprint density at radius 2 is 2.21 bits per heavy atom. The second-order valence-corrected chi connectivity index (χ2v) is 2.98. The largest absolute Gasteiger partial charge is 0.467 e. The molecular weight excluding hydrogens is 208 g/mol. The topological polar surface area (TPSA) is 80.2 Å². The lowest BCUT2D eigenvalue weighted by atomic mass is 10.4. The van der Waals surface area contributed by atoms with Gasteiger partial charge in [-0.25, -0.2) is 0 Å². The van der Waals surface area contributed by atoms with Gasteiger partial charge in [0, 0.05) is 6.54 Å². The third-order valence-corrected chi connectivity index (χ3v) is 1.49. The molecule has 7 heteroatoms. The Morgan fingerprint density at radius 1 is 1.50 bits per heavy atom. The summed E-state index contributed by atoms with van der Waals surface area (Å²) < 4.78 is 4.79. The molecule has 0 radical (unpaired) electrons. The van der Waals surface area contributed by atoms with Crippen molar-refractivity contribution in [1.82, 2.24) is 15.0 Å². The highest BCUT2D eigenvalue weighted by Crippen LogP contribution is 2.10. The molecule has 6 nitrogen and oxygen atoms in total. The van der Waals surface area contributed by atoms with Crippen molar-refractivity contribution in [2.75, 3.05) is 19.0 Å². The first-order chi connectivity index (χ1) is 6.61. The minimum absolute atomic E-state index is 0.0462. The van der Waals surface area contributed by atoms with Crippen molar-refractivity contribution in [3.63, 3.8) is 0 Å². The van der Waals surface area contributed by atoms with E-state index in [1.54, 1.807) is 6.92 Å². The minimum atomic E-state index is -0.489. The number of rotatable bonds is 4. The molecule has 1 rings (SSSR count). The van der Waals surface area contributed by atoms with Crippen LogP contribution in [0.2, 0.25) is 5.28 Å². The summed E-state index contributed by atoms with van der Waals surface area (Å²) in [6.07, 6.45) is -0.489. The van der Waals surface area contributed by atoms with E-state index in [2.05, 4.69) is 20.3 Å². The van der Waals surface area contributed by atoms with Gasteiger partial charge in [0.1, 0.15) is 0 Å². The highest BCUT2D eigenvalue weighted by atomic mass is 35.5. The summed E-state index contributed by atoms with van der Waals surface area (Å²) in [5.41, 5.74) is 0. The summed E-state index contributed by atoms with van der Waals surface area (Å²) in [6, 6.07) is 0.137. The molecule has 1 unspecified atom stereocenters. The summed E-state index contributed by atoms with van der Waals surface area (Å²) in [4.78, 5) is 11.4. The Bertz CT molecular complexity index is 308. The monoisotopic (exact) mass is 218 g/mol. The average molecular weight is 219 g/mol. The second kappa shape index (κ2) is 4.92. The molecule has 0 aliphatic rings. The highest BCUT2D eigenvalue weighted by Gasteiger charge is 2.05. The molecule has 1 aromatic rings. The van der Waals surface area contributed by atoms with Crippen LogP contribution in [0.3, 0.4) is 0 Å². The van der Waals surface area contributed by atoms with Crippen LogP contribution in [-0.2, 0) is 0 Å². The number of nitrogens with zero attached hydrogens (tertiary/aromatic N) is 3. The van der Waals surface area contributed by atoms with Crippen molar-refractivity contribution in [2.45, 2.75) is 13.0 Å². The van der Waals surface area contributed by atoms with Crippen molar-refractivity contribution in [2.24, 2.45) is 0 Å². The summed E-state index contributed by atoms with van der Waals surface area (Å²) in [7, 11) is 1.43. The number of ether oxygens (including phenoxy) is 1. The van der Waals surface area contributed by atoms with E-state index in [0.717, 1.165) is 0 Å². The molecule has 0 amide bonds. The van der Waals surface area contributed by atoms with E-state index < -0.39 is 6.10 Å². The van der Waals surface area contributed by atoms with Gasteiger partial charge >= 0.3 is 6.01 Å². The number of aliphatic hydroxyl groups is 1. The molecule has 0 fully saturated rings. The van der Waals surface area contributed by atoms with Crippen molar-refractivity contribution < 1.29 is 9.84 Å². The molecule has 1 atom stereocenters. The molecule has 2 N–H and O–H groups in total. The summed E-state index contributed by atoms with van der Waals surface area (Å²) >= 11 is 5.60. The summed E-state index contributed by atoms with van der Waals surface area (Å²) in [6.45, 7) is 1.98. The number of anilines is 1. The summed E-state index contributed by atoms with van der Waals surface area (Å²) in [5.74, 6) is 0.280. The number of hydrogen-bond acceptors (Lipinski definition) is 6. The van der Waals surface area contributed by atoms with E-state index in [0.29, 0.717) is 6.54 Å². The zero-order valence-electron chi connectivity index (χ0n) is 7.86. The third-order valence-electron chi connectivity index (χ3n) is 1.33. The van der Waals surface area contributed by atoms with Crippen LogP contribution in [0.15, 0.2) is 0 Å². The van der Waals surface area contributed by atoms with Crippen LogP contribution < -0.4 is 10.1 Å². The van der Waals surface area contributed by atoms with E-state index in [1.165, 1.54) is 7.11 Å².